The quantitative estimate of drug-likeness (QED) is 0.509. The van der Waals surface area contributed by atoms with E-state index in [9.17, 15) is 24.3 Å². The molecule has 0 saturated carbocycles. The summed E-state index contributed by atoms with van der Waals surface area (Å²) in [6, 6.07) is -0.578. The molecule has 9 heteroatoms. The Kier molecular flexibility index (Phi) is 3.97. The van der Waals surface area contributed by atoms with Crippen LogP contribution in [0.1, 0.15) is 19.3 Å². The van der Waals surface area contributed by atoms with Crippen LogP contribution in [0.4, 0.5) is 4.79 Å². The first kappa shape index (κ1) is 15.7. The molecule has 1 spiro atoms. The van der Waals surface area contributed by atoms with Gasteiger partial charge in [0, 0.05) is 19.6 Å². The summed E-state index contributed by atoms with van der Waals surface area (Å²) in [6.07, 6.45) is 0.841. The molecule has 3 saturated heterocycles. The fourth-order valence-electron chi connectivity index (χ4n) is 3.53. The number of rotatable bonds is 2. The summed E-state index contributed by atoms with van der Waals surface area (Å²) in [5.41, 5.74) is -0.963. The Morgan fingerprint density at radius 3 is 2.78 bits per heavy atom. The number of aliphatic hydroxyl groups is 1. The van der Waals surface area contributed by atoms with Crippen LogP contribution in [0.15, 0.2) is 0 Å². The van der Waals surface area contributed by atoms with Gasteiger partial charge in [-0.3, -0.25) is 19.7 Å². The van der Waals surface area contributed by atoms with Crippen molar-refractivity contribution in [3.8, 4) is 0 Å². The minimum atomic E-state index is -0.963. The maximum atomic E-state index is 12.4. The van der Waals surface area contributed by atoms with Crippen molar-refractivity contribution in [2.24, 2.45) is 5.41 Å². The van der Waals surface area contributed by atoms with Crippen LogP contribution in [0.25, 0.3) is 0 Å². The van der Waals surface area contributed by atoms with Crippen molar-refractivity contribution in [2.45, 2.75) is 25.4 Å². The highest BCUT2D eigenvalue weighted by atomic mass is 16.3. The van der Waals surface area contributed by atoms with Crippen molar-refractivity contribution >= 4 is 23.8 Å². The zero-order valence-corrected chi connectivity index (χ0v) is 12.7. The highest BCUT2D eigenvalue weighted by Gasteiger charge is 2.50. The summed E-state index contributed by atoms with van der Waals surface area (Å²) in [5, 5.41) is 15.2. The van der Waals surface area contributed by atoms with E-state index < -0.39 is 23.5 Å². The van der Waals surface area contributed by atoms with Crippen LogP contribution in [0.2, 0.25) is 0 Å². The van der Waals surface area contributed by atoms with Crippen LogP contribution >= 0.6 is 0 Å². The highest BCUT2D eigenvalue weighted by molar-refractivity contribution is 6.03. The molecule has 2 atom stereocenters. The Hall–Kier alpha value is -2.16. The van der Waals surface area contributed by atoms with Gasteiger partial charge >= 0.3 is 6.03 Å². The van der Waals surface area contributed by atoms with E-state index in [-0.39, 0.29) is 31.4 Å². The molecule has 3 rings (SSSR count). The third-order valence-corrected chi connectivity index (χ3v) is 4.87. The predicted molar refractivity (Wildman–Crippen MR) is 77.0 cm³/mol. The number of nitrogens with one attached hydrogen (secondary N) is 2. The predicted octanol–water partition coefficient (Wildman–Crippen LogP) is -1.97. The van der Waals surface area contributed by atoms with Crippen molar-refractivity contribution in [3.05, 3.63) is 0 Å². The molecule has 0 aromatic rings. The first-order chi connectivity index (χ1) is 10.9. The second-order valence-corrected chi connectivity index (χ2v) is 6.34. The molecule has 126 valence electrons. The first-order valence-corrected chi connectivity index (χ1v) is 7.75. The van der Waals surface area contributed by atoms with E-state index in [4.69, 9.17) is 0 Å². The van der Waals surface area contributed by atoms with Crippen molar-refractivity contribution < 1.29 is 24.3 Å². The van der Waals surface area contributed by atoms with Gasteiger partial charge in [-0.15, -0.1) is 0 Å². The van der Waals surface area contributed by atoms with Gasteiger partial charge in [-0.1, -0.05) is 0 Å². The van der Waals surface area contributed by atoms with Gasteiger partial charge in [0.1, 0.15) is 13.1 Å². The SMILES string of the molecule is O=C1CN(CC(=O)N2CC[C@H](O)[C@@]3(CCCNC3=O)C2)C(=O)N1. The standard InChI is InChI=1S/C14H20N4O5/c19-9-2-5-17(8-14(9)3-1-4-15-12(14)22)11(21)7-18-6-10(20)16-13(18)23/h9,19H,1-8H2,(H,15,22)(H,16,20,23)/t9-,14+/m0/s1. The molecule has 23 heavy (non-hydrogen) atoms. The van der Waals surface area contributed by atoms with E-state index in [1.54, 1.807) is 0 Å². The first-order valence-electron chi connectivity index (χ1n) is 7.75. The molecule has 3 heterocycles. The molecule has 3 N–H and O–H groups in total. The van der Waals surface area contributed by atoms with Crippen molar-refractivity contribution in [3.63, 3.8) is 0 Å². The third kappa shape index (κ3) is 2.76. The Labute approximate surface area is 133 Å². The second-order valence-electron chi connectivity index (χ2n) is 6.34. The number of hydrogen-bond donors (Lipinski definition) is 3. The van der Waals surface area contributed by atoms with Crippen molar-refractivity contribution in [1.29, 1.82) is 0 Å². The van der Waals surface area contributed by atoms with Gasteiger partial charge in [0.25, 0.3) is 0 Å². The summed E-state index contributed by atoms with van der Waals surface area (Å²) in [4.78, 5) is 50.0. The zero-order chi connectivity index (χ0) is 16.6. The topological polar surface area (TPSA) is 119 Å². The number of piperidine rings is 2. The molecule has 0 bridgehead atoms. The van der Waals surface area contributed by atoms with E-state index in [2.05, 4.69) is 10.6 Å². The van der Waals surface area contributed by atoms with Gasteiger partial charge in [0.2, 0.25) is 17.7 Å². The van der Waals surface area contributed by atoms with Crippen LogP contribution in [-0.4, -0.2) is 77.5 Å². The van der Waals surface area contributed by atoms with Crippen LogP contribution in [0, 0.1) is 5.41 Å². The molecule has 0 aliphatic carbocycles. The zero-order valence-electron chi connectivity index (χ0n) is 12.7. The number of imide groups is 1. The maximum Gasteiger partial charge on any atom is 0.325 e. The minimum Gasteiger partial charge on any atom is -0.392 e. The number of carbonyl (C=O) groups excluding carboxylic acids is 4. The average molecular weight is 324 g/mol. The number of hydrogen-bond acceptors (Lipinski definition) is 5. The number of urea groups is 1. The summed E-state index contributed by atoms with van der Waals surface area (Å²) < 4.78 is 0. The Morgan fingerprint density at radius 2 is 2.13 bits per heavy atom. The number of nitrogens with zero attached hydrogens (tertiary/aromatic N) is 2. The molecule has 0 radical (unpaired) electrons. The number of carbonyl (C=O) groups is 4. The maximum absolute atomic E-state index is 12.4. The monoisotopic (exact) mass is 324 g/mol. The van der Waals surface area contributed by atoms with Crippen LogP contribution in [-0.2, 0) is 14.4 Å². The fraction of sp³-hybridized carbons (Fsp3) is 0.714. The molecule has 0 aromatic heterocycles. The number of aliphatic hydroxyl groups excluding tert-OH is 1. The van der Waals surface area contributed by atoms with Gasteiger partial charge in [0.05, 0.1) is 11.5 Å². The Bertz CT molecular complexity index is 565. The van der Waals surface area contributed by atoms with E-state index in [1.165, 1.54) is 4.90 Å². The van der Waals surface area contributed by atoms with E-state index in [0.717, 1.165) is 11.3 Å². The number of amides is 5. The smallest absolute Gasteiger partial charge is 0.325 e. The molecule has 3 aliphatic rings. The summed E-state index contributed by atoms with van der Waals surface area (Å²) in [6.45, 7) is 0.718. The molecule has 3 aliphatic heterocycles. The van der Waals surface area contributed by atoms with Crippen LogP contribution < -0.4 is 10.6 Å². The minimum absolute atomic E-state index is 0.132. The second kappa shape index (κ2) is 5.80. The van der Waals surface area contributed by atoms with E-state index >= 15 is 0 Å². The van der Waals surface area contributed by atoms with Gasteiger partial charge in [-0.05, 0) is 19.3 Å². The Balaban J connectivity index is 1.68. The summed E-state index contributed by atoms with van der Waals surface area (Å²) in [5.74, 6) is -0.970. The molecule has 9 nitrogen and oxygen atoms in total. The highest BCUT2D eigenvalue weighted by Crippen LogP contribution is 2.37. The largest absolute Gasteiger partial charge is 0.392 e. The van der Waals surface area contributed by atoms with Crippen LogP contribution in [0.5, 0.6) is 0 Å². The molecule has 5 amide bonds. The Morgan fingerprint density at radius 1 is 1.35 bits per heavy atom. The number of likely N-dealkylation sites (tertiary alicyclic amines) is 1. The van der Waals surface area contributed by atoms with Crippen molar-refractivity contribution in [2.75, 3.05) is 32.7 Å². The van der Waals surface area contributed by atoms with Crippen LogP contribution in [0.3, 0.4) is 0 Å². The molecule has 3 fully saturated rings. The lowest BCUT2D eigenvalue weighted by Gasteiger charge is -2.47. The van der Waals surface area contributed by atoms with Gasteiger partial charge in [-0.25, -0.2) is 4.79 Å². The molecule has 0 aromatic carbocycles. The van der Waals surface area contributed by atoms with E-state index in [1.807, 2.05) is 0 Å². The third-order valence-electron chi connectivity index (χ3n) is 4.87. The lowest BCUT2D eigenvalue weighted by molar-refractivity contribution is -0.154. The lowest BCUT2D eigenvalue weighted by Crippen LogP contribution is -2.62. The van der Waals surface area contributed by atoms with Gasteiger partial charge in [-0.2, -0.15) is 0 Å². The normalized spacial score (nSPS) is 31.3. The van der Waals surface area contributed by atoms with Gasteiger partial charge in [0.15, 0.2) is 0 Å². The lowest BCUT2D eigenvalue weighted by atomic mass is 9.71. The average Bonchev–Trinajstić information content (AvgIpc) is 2.82. The fourth-order valence-corrected chi connectivity index (χ4v) is 3.53. The van der Waals surface area contributed by atoms with E-state index in [0.29, 0.717) is 25.9 Å². The molecule has 0 unspecified atom stereocenters. The van der Waals surface area contributed by atoms with Crippen molar-refractivity contribution in [1.82, 2.24) is 20.4 Å². The summed E-state index contributed by atoms with van der Waals surface area (Å²) >= 11 is 0. The summed E-state index contributed by atoms with van der Waals surface area (Å²) in [7, 11) is 0. The molecular formula is C14H20N4O5. The molecular weight excluding hydrogens is 304 g/mol. The van der Waals surface area contributed by atoms with Gasteiger partial charge < -0.3 is 20.2 Å².